The molecule has 0 spiro atoms. The number of carbonyl (C=O) groups excluding carboxylic acids is 1. The highest BCUT2D eigenvalue weighted by Crippen LogP contribution is 2.30. The summed E-state index contributed by atoms with van der Waals surface area (Å²) in [6, 6.07) is 0.327. The van der Waals surface area contributed by atoms with Crippen LogP contribution in [0.2, 0.25) is 0 Å². The number of ether oxygens (including phenoxy) is 1. The highest BCUT2D eigenvalue weighted by Gasteiger charge is 2.44. The average Bonchev–Trinajstić information content (AvgIpc) is 2.83. The smallest absolute Gasteiger partial charge is 0.241 e. The van der Waals surface area contributed by atoms with Gasteiger partial charge in [0.15, 0.2) is 0 Å². The first-order chi connectivity index (χ1) is 10.1. The topological polar surface area (TPSA) is 41.6 Å². The van der Waals surface area contributed by atoms with Gasteiger partial charge < -0.3 is 9.64 Å². The molecule has 2 aliphatic heterocycles. The molecule has 0 aromatic carbocycles. The summed E-state index contributed by atoms with van der Waals surface area (Å²) in [5.74, 6) is 1.31. The molecule has 2 rings (SSSR count). The van der Waals surface area contributed by atoms with Crippen LogP contribution in [-0.2, 0) is 9.53 Å². The van der Waals surface area contributed by atoms with E-state index in [0.717, 1.165) is 45.3 Å². The number of rotatable bonds is 6. The van der Waals surface area contributed by atoms with E-state index in [1.165, 1.54) is 0 Å². The second-order valence-corrected chi connectivity index (χ2v) is 6.77. The molecular weight excluding hydrogens is 264 g/mol. The summed E-state index contributed by atoms with van der Waals surface area (Å²) in [4.78, 5) is 15.1. The SMILES string of the molecule is CCCC1NC(C(C)CC)C(=O)N1C(C)C1CCOCC1. The lowest BCUT2D eigenvalue weighted by molar-refractivity contribution is -0.134. The van der Waals surface area contributed by atoms with Gasteiger partial charge in [-0.05, 0) is 38.0 Å². The van der Waals surface area contributed by atoms with Crippen molar-refractivity contribution in [2.24, 2.45) is 11.8 Å². The molecule has 0 aromatic heterocycles. The summed E-state index contributed by atoms with van der Waals surface area (Å²) in [5, 5.41) is 3.61. The fraction of sp³-hybridized carbons (Fsp3) is 0.941. The largest absolute Gasteiger partial charge is 0.381 e. The second kappa shape index (κ2) is 7.59. The molecule has 4 unspecified atom stereocenters. The van der Waals surface area contributed by atoms with Gasteiger partial charge in [0.1, 0.15) is 0 Å². The number of nitrogens with one attached hydrogen (secondary N) is 1. The van der Waals surface area contributed by atoms with Crippen LogP contribution >= 0.6 is 0 Å². The third-order valence-corrected chi connectivity index (χ3v) is 5.39. The molecule has 0 radical (unpaired) electrons. The van der Waals surface area contributed by atoms with Crippen molar-refractivity contribution < 1.29 is 9.53 Å². The summed E-state index contributed by atoms with van der Waals surface area (Å²) >= 11 is 0. The van der Waals surface area contributed by atoms with Crippen molar-refractivity contribution in [3.63, 3.8) is 0 Å². The molecule has 4 nitrogen and oxygen atoms in total. The molecule has 0 aromatic rings. The normalized spacial score (nSPS) is 30.7. The molecule has 2 heterocycles. The fourth-order valence-electron chi connectivity index (χ4n) is 3.72. The number of carbonyl (C=O) groups is 1. The molecule has 2 fully saturated rings. The van der Waals surface area contributed by atoms with Crippen LogP contribution in [0.5, 0.6) is 0 Å². The number of nitrogens with zero attached hydrogens (tertiary/aromatic N) is 1. The van der Waals surface area contributed by atoms with Crippen molar-refractivity contribution in [3.05, 3.63) is 0 Å². The van der Waals surface area contributed by atoms with Crippen molar-refractivity contribution in [3.8, 4) is 0 Å². The first-order valence-electron chi connectivity index (χ1n) is 8.76. The maximum absolute atomic E-state index is 12.9. The summed E-state index contributed by atoms with van der Waals surface area (Å²) < 4.78 is 5.47. The Labute approximate surface area is 129 Å². The van der Waals surface area contributed by atoms with Gasteiger partial charge in [-0.1, -0.05) is 33.6 Å². The first kappa shape index (κ1) is 16.8. The Hall–Kier alpha value is -0.610. The number of amides is 1. The van der Waals surface area contributed by atoms with Crippen molar-refractivity contribution >= 4 is 5.91 Å². The van der Waals surface area contributed by atoms with Crippen LogP contribution in [0.1, 0.15) is 59.8 Å². The van der Waals surface area contributed by atoms with Crippen LogP contribution in [0.4, 0.5) is 0 Å². The van der Waals surface area contributed by atoms with Crippen LogP contribution in [-0.4, -0.2) is 42.3 Å². The quantitative estimate of drug-likeness (QED) is 0.819. The Kier molecular flexibility index (Phi) is 6.06. The third kappa shape index (κ3) is 3.59. The molecule has 21 heavy (non-hydrogen) atoms. The molecule has 1 N–H and O–H groups in total. The van der Waals surface area contributed by atoms with Crippen molar-refractivity contribution in [2.45, 2.75) is 78.0 Å². The molecule has 0 aliphatic carbocycles. The minimum absolute atomic E-state index is 0.00819. The molecule has 2 saturated heterocycles. The van der Waals surface area contributed by atoms with Crippen LogP contribution in [0, 0.1) is 11.8 Å². The number of hydrogen-bond acceptors (Lipinski definition) is 3. The molecule has 4 heteroatoms. The van der Waals surface area contributed by atoms with Gasteiger partial charge in [0.05, 0.1) is 12.2 Å². The van der Waals surface area contributed by atoms with Crippen LogP contribution in [0.3, 0.4) is 0 Å². The Morgan fingerprint density at radius 1 is 1.29 bits per heavy atom. The predicted octanol–water partition coefficient (Wildman–Crippen LogP) is 2.77. The molecule has 0 saturated carbocycles. The van der Waals surface area contributed by atoms with E-state index in [1.807, 2.05) is 0 Å². The lowest BCUT2D eigenvalue weighted by atomic mass is 9.91. The van der Waals surface area contributed by atoms with E-state index in [9.17, 15) is 4.79 Å². The zero-order valence-electron chi connectivity index (χ0n) is 14.1. The van der Waals surface area contributed by atoms with Crippen molar-refractivity contribution in [1.29, 1.82) is 0 Å². The Balaban J connectivity index is 2.11. The van der Waals surface area contributed by atoms with Crippen LogP contribution in [0.15, 0.2) is 0 Å². The average molecular weight is 296 g/mol. The predicted molar refractivity (Wildman–Crippen MR) is 84.9 cm³/mol. The van der Waals surface area contributed by atoms with Crippen molar-refractivity contribution in [2.75, 3.05) is 13.2 Å². The summed E-state index contributed by atoms with van der Waals surface area (Å²) in [5.41, 5.74) is 0. The Morgan fingerprint density at radius 2 is 1.95 bits per heavy atom. The minimum Gasteiger partial charge on any atom is -0.381 e. The van der Waals surface area contributed by atoms with E-state index in [4.69, 9.17) is 4.74 Å². The zero-order valence-corrected chi connectivity index (χ0v) is 14.1. The third-order valence-electron chi connectivity index (χ3n) is 5.39. The van der Waals surface area contributed by atoms with Crippen LogP contribution in [0.25, 0.3) is 0 Å². The van der Waals surface area contributed by atoms with E-state index < -0.39 is 0 Å². The van der Waals surface area contributed by atoms with Gasteiger partial charge in [-0.25, -0.2) is 0 Å². The van der Waals surface area contributed by atoms with E-state index in [-0.39, 0.29) is 12.2 Å². The Morgan fingerprint density at radius 3 is 2.52 bits per heavy atom. The lowest BCUT2D eigenvalue weighted by Gasteiger charge is -2.37. The molecule has 2 aliphatic rings. The number of hydrogen-bond donors (Lipinski definition) is 1. The van der Waals surface area contributed by atoms with Gasteiger partial charge in [0.2, 0.25) is 5.91 Å². The van der Waals surface area contributed by atoms with Gasteiger partial charge >= 0.3 is 0 Å². The van der Waals surface area contributed by atoms with Gasteiger partial charge in [0, 0.05) is 19.3 Å². The van der Waals surface area contributed by atoms with Gasteiger partial charge in [-0.2, -0.15) is 0 Å². The standard InChI is InChI=1S/C17H32N2O2/c1-5-7-15-18-16(12(3)6-2)17(20)19(15)13(4)14-8-10-21-11-9-14/h12-16,18H,5-11H2,1-4H3. The summed E-state index contributed by atoms with van der Waals surface area (Å²) in [6.45, 7) is 10.5. The maximum Gasteiger partial charge on any atom is 0.241 e. The maximum atomic E-state index is 12.9. The van der Waals surface area contributed by atoms with Gasteiger partial charge in [-0.3, -0.25) is 10.1 Å². The van der Waals surface area contributed by atoms with E-state index in [2.05, 4.69) is 37.9 Å². The van der Waals surface area contributed by atoms with Gasteiger partial charge in [0.25, 0.3) is 0 Å². The van der Waals surface area contributed by atoms with E-state index in [0.29, 0.717) is 23.8 Å². The Bertz CT molecular complexity index is 342. The minimum atomic E-state index is 0.00819. The fourth-order valence-corrected chi connectivity index (χ4v) is 3.72. The van der Waals surface area contributed by atoms with Crippen LogP contribution < -0.4 is 5.32 Å². The monoisotopic (exact) mass is 296 g/mol. The zero-order chi connectivity index (χ0) is 15.4. The summed E-state index contributed by atoms with van der Waals surface area (Å²) in [7, 11) is 0. The first-order valence-corrected chi connectivity index (χ1v) is 8.76. The molecule has 122 valence electrons. The molecule has 4 atom stereocenters. The highest BCUT2D eigenvalue weighted by molar-refractivity contribution is 5.85. The van der Waals surface area contributed by atoms with Crippen molar-refractivity contribution in [1.82, 2.24) is 10.2 Å². The highest BCUT2D eigenvalue weighted by atomic mass is 16.5. The van der Waals surface area contributed by atoms with E-state index in [1.54, 1.807) is 0 Å². The molecule has 0 bridgehead atoms. The lowest BCUT2D eigenvalue weighted by Crippen LogP contribution is -2.47. The molecule has 1 amide bonds. The van der Waals surface area contributed by atoms with E-state index >= 15 is 0 Å². The summed E-state index contributed by atoms with van der Waals surface area (Å²) in [6.07, 6.45) is 5.58. The second-order valence-electron chi connectivity index (χ2n) is 6.77. The molecular formula is C17H32N2O2. The van der Waals surface area contributed by atoms with Gasteiger partial charge in [-0.15, -0.1) is 0 Å².